The van der Waals surface area contributed by atoms with E-state index >= 15 is 0 Å². The first-order valence-corrected chi connectivity index (χ1v) is 12.6. The Kier molecular flexibility index (Phi) is 5.05. The first-order chi connectivity index (χ1) is 15.8. The zero-order valence-electron chi connectivity index (χ0n) is 17.5. The predicted molar refractivity (Wildman–Crippen MR) is 144 cm³/mol. The SMILES string of the molecule is Brc1sc2c(C3=CCCC=C3)c(-c3ccccc3)c3ccccc3c2c1-c1ccccc1. The van der Waals surface area contributed by atoms with Crippen molar-refractivity contribution in [3.8, 4) is 22.3 Å². The topological polar surface area (TPSA) is 0 Å². The van der Waals surface area contributed by atoms with Gasteiger partial charge in [-0.15, -0.1) is 11.3 Å². The van der Waals surface area contributed by atoms with Gasteiger partial charge in [0, 0.05) is 21.2 Å². The highest BCUT2D eigenvalue weighted by molar-refractivity contribution is 9.11. The van der Waals surface area contributed by atoms with Crippen molar-refractivity contribution in [3.63, 3.8) is 0 Å². The molecule has 0 nitrogen and oxygen atoms in total. The van der Waals surface area contributed by atoms with E-state index in [-0.39, 0.29) is 0 Å². The van der Waals surface area contributed by atoms with Crippen molar-refractivity contribution in [1.29, 1.82) is 0 Å². The van der Waals surface area contributed by atoms with Gasteiger partial charge in [-0.25, -0.2) is 0 Å². The minimum Gasteiger partial charge on any atom is -0.127 e. The molecule has 5 aromatic rings. The smallest absolute Gasteiger partial charge is 0.0789 e. The number of benzene rings is 4. The van der Waals surface area contributed by atoms with Crippen LogP contribution in [0.5, 0.6) is 0 Å². The maximum atomic E-state index is 3.95. The summed E-state index contributed by atoms with van der Waals surface area (Å²) in [5.41, 5.74) is 7.84. The number of hydrogen-bond donors (Lipinski definition) is 0. The summed E-state index contributed by atoms with van der Waals surface area (Å²) in [7, 11) is 0. The molecule has 0 atom stereocenters. The number of hydrogen-bond acceptors (Lipinski definition) is 1. The molecule has 2 heteroatoms. The molecule has 0 aliphatic heterocycles. The van der Waals surface area contributed by atoms with E-state index in [1.165, 1.54) is 58.0 Å². The highest BCUT2D eigenvalue weighted by atomic mass is 79.9. The first-order valence-electron chi connectivity index (χ1n) is 11.0. The van der Waals surface area contributed by atoms with Gasteiger partial charge in [-0.05, 0) is 61.8 Å². The summed E-state index contributed by atoms with van der Waals surface area (Å²) in [6.45, 7) is 0. The molecule has 6 rings (SSSR count). The average Bonchev–Trinajstić information content (AvgIpc) is 3.21. The second kappa shape index (κ2) is 8.20. The molecule has 154 valence electrons. The first kappa shape index (κ1) is 19.7. The zero-order chi connectivity index (χ0) is 21.5. The van der Waals surface area contributed by atoms with Crippen molar-refractivity contribution in [1.82, 2.24) is 0 Å². The minimum absolute atomic E-state index is 1.09. The molecule has 32 heavy (non-hydrogen) atoms. The van der Waals surface area contributed by atoms with Crippen LogP contribution in [0.15, 0.2) is 107 Å². The molecule has 0 saturated heterocycles. The Morgan fingerprint density at radius 3 is 1.91 bits per heavy atom. The molecule has 1 heterocycles. The lowest BCUT2D eigenvalue weighted by atomic mass is 9.85. The monoisotopic (exact) mass is 492 g/mol. The van der Waals surface area contributed by atoms with E-state index in [2.05, 4.69) is 119 Å². The van der Waals surface area contributed by atoms with E-state index < -0.39 is 0 Å². The maximum Gasteiger partial charge on any atom is 0.0789 e. The van der Waals surface area contributed by atoms with Crippen LogP contribution in [0.3, 0.4) is 0 Å². The molecule has 4 aromatic carbocycles. The molecule has 0 spiro atoms. The minimum atomic E-state index is 1.09. The van der Waals surface area contributed by atoms with E-state index in [1.807, 2.05) is 11.3 Å². The average molecular weight is 493 g/mol. The van der Waals surface area contributed by atoms with Crippen LogP contribution in [-0.2, 0) is 0 Å². The third-order valence-electron chi connectivity index (χ3n) is 6.22. The summed E-state index contributed by atoms with van der Waals surface area (Å²) in [5, 5.41) is 3.97. The van der Waals surface area contributed by atoms with Crippen molar-refractivity contribution >= 4 is 53.7 Å². The molecule has 1 aliphatic carbocycles. The van der Waals surface area contributed by atoms with Crippen molar-refractivity contribution in [2.24, 2.45) is 0 Å². The molecule has 0 unspecified atom stereocenters. The number of rotatable bonds is 3. The fourth-order valence-electron chi connectivity index (χ4n) is 4.85. The van der Waals surface area contributed by atoms with Gasteiger partial charge in [0.05, 0.1) is 3.79 Å². The normalized spacial score (nSPS) is 13.6. The molecule has 0 bridgehead atoms. The van der Waals surface area contributed by atoms with Crippen LogP contribution in [0.1, 0.15) is 18.4 Å². The highest BCUT2D eigenvalue weighted by Gasteiger charge is 2.24. The van der Waals surface area contributed by atoms with E-state index in [0.29, 0.717) is 0 Å². The fourth-order valence-corrected chi connectivity index (χ4v) is 6.90. The summed E-state index contributed by atoms with van der Waals surface area (Å²) in [4.78, 5) is 0. The lowest BCUT2D eigenvalue weighted by Crippen LogP contribution is -1.94. The van der Waals surface area contributed by atoms with Crippen LogP contribution in [-0.4, -0.2) is 0 Å². The summed E-state index contributed by atoms with van der Waals surface area (Å²) < 4.78 is 2.54. The second-order valence-electron chi connectivity index (χ2n) is 8.12. The number of halogens is 1. The molecular formula is C30H21BrS. The number of fused-ring (bicyclic) bond motifs is 3. The summed E-state index contributed by atoms with van der Waals surface area (Å²) >= 11 is 5.81. The Labute approximate surface area is 200 Å². The standard InChI is InChI=1S/C30H21BrS/c31-30-27(22-16-8-3-9-17-22)28-24-19-11-10-18-23(24)25(20-12-4-1-5-13-20)26(29(28)32-30)21-14-6-2-7-15-21/h1,3-6,8-19H,2,7H2. The van der Waals surface area contributed by atoms with Crippen LogP contribution < -0.4 is 0 Å². The molecule has 0 N–H and O–H groups in total. The molecule has 1 aromatic heterocycles. The quantitative estimate of drug-likeness (QED) is 0.235. The van der Waals surface area contributed by atoms with E-state index in [9.17, 15) is 0 Å². The van der Waals surface area contributed by atoms with Gasteiger partial charge in [-0.1, -0.05) is 103 Å². The van der Waals surface area contributed by atoms with Crippen molar-refractivity contribution in [2.45, 2.75) is 12.8 Å². The number of allylic oxidation sites excluding steroid dienone is 4. The third-order valence-corrected chi connectivity index (χ3v) is 8.09. The molecule has 0 saturated carbocycles. The zero-order valence-corrected chi connectivity index (χ0v) is 19.9. The molecule has 0 amide bonds. The lowest BCUT2D eigenvalue weighted by molar-refractivity contribution is 1.04. The van der Waals surface area contributed by atoms with Gasteiger partial charge in [0.15, 0.2) is 0 Å². The highest BCUT2D eigenvalue weighted by Crippen LogP contribution is 2.52. The summed E-state index contributed by atoms with van der Waals surface area (Å²) in [5.74, 6) is 0. The Hall–Kier alpha value is -2.94. The van der Waals surface area contributed by atoms with Crippen LogP contribution in [0.4, 0.5) is 0 Å². The Morgan fingerprint density at radius 1 is 0.625 bits per heavy atom. The Balaban J connectivity index is 1.84. The van der Waals surface area contributed by atoms with Gasteiger partial charge in [0.1, 0.15) is 0 Å². The Morgan fingerprint density at radius 2 is 1.25 bits per heavy atom. The fraction of sp³-hybridized carbons (Fsp3) is 0.0667. The Bertz CT molecular complexity index is 1510. The largest absolute Gasteiger partial charge is 0.127 e. The van der Waals surface area contributed by atoms with Crippen molar-refractivity contribution in [3.05, 3.63) is 113 Å². The van der Waals surface area contributed by atoms with Gasteiger partial charge in [-0.2, -0.15) is 0 Å². The van der Waals surface area contributed by atoms with Crippen LogP contribution in [0, 0.1) is 0 Å². The van der Waals surface area contributed by atoms with Crippen LogP contribution >= 0.6 is 27.3 Å². The van der Waals surface area contributed by atoms with Crippen LogP contribution in [0.25, 0.3) is 48.7 Å². The lowest BCUT2D eigenvalue weighted by Gasteiger charge is -2.19. The third kappa shape index (κ3) is 3.18. The van der Waals surface area contributed by atoms with Gasteiger partial charge >= 0.3 is 0 Å². The van der Waals surface area contributed by atoms with Crippen LogP contribution in [0.2, 0.25) is 0 Å². The molecule has 0 fully saturated rings. The summed E-state index contributed by atoms with van der Waals surface area (Å²) in [6.07, 6.45) is 9.24. The van der Waals surface area contributed by atoms with Gasteiger partial charge in [-0.3, -0.25) is 0 Å². The van der Waals surface area contributed by atoms with E-state index in [4.69, 9.17) is 0 Å². The van der Waals surface area contributed by atoms with Gasteiger partial charge < -0.3 is 0 Å². The summed E-state index contributed by atoms with van der Waals surface area (Å²) in [6, 6.07) is 30.5. The van der Waals surface area contributed by atoms with Gasteiger partial charge in [0.2, 0.25) is 0 Å². The van der Waals surface area contributed by atoms with E-state index in [0.717, 1.165) is 12.8 Å². The predicted octanol–water partition coefficient (Wildman–Crippen LogP) is 9.88. The van der Waals surface area contributed by atoms with Crippen molar-refractivity contribution < 1.29 is 0 Å². The molecule has 0 radical (unpaired) electrons. The molecule has 1 aliphatic rings. The van der Waals surface area contributed by atoms with E-state index in [1.54, 1.807) is 0 Å². The van der Waals surface area contributed by atoms with Crippen molar-refractivity contribution in [2.75, 3.05) is 0 Å². The maximum absolute atomic E-state index is 3.95. The molecular weight excluding hydrogens is 472 g/mol. The van der Waals surface area contributed by atoms with Gasteiger partial charge in [0.25, 0.3) is 0 Å². The number of thiophene rings is 1. The second-order valence-corrected chi connectivity index (χ2v) is 10.5.